The Morgan fingerprint density at radius 2 is 0.795 bits per heavy atom. The summed E-state index contributed by atoms with van der Waals surface area (Å²) in [4.78, 5) is 0. The third kappa shape index (κ3) is 5.06. The summed E-state index contributed by atoms with van der Waals surface area (Å²) in [5.74, 6) is 0.932. The maximum Gasteiger partial charge on any atom is 1.00 e. The molecule has 0 heterocycles. The van der Waals surface area contributed by atoms with Gasteiger partial charge in [-0.2, -0.15) is 0 Å². The molecule has 2 aliphatic rings. The Kier molecular flexibility index (Phi) is 8.67. The zero-order chi connectivity index (χ0) is 28.2. The molecule has 6 aromatic rings. The Morgan fingerprint density at radius 1 is 0.432 bits per heavy atom. The summed E-state index contributed by atoms with van der Waals surface area (Å²) < 4.78 is 0. The van der Waals surface area contributed by atoms with Gasteiger partial charge in [-0.25, -0.2) is 0 Å². The first-order valence-electron chi connectivity index (χ1n) is 15.3. The van der Waals surface area contributed by atoms with Crippen LogP contribution < -0.4 is 37.7 Å². The Bertz CT molecular complexity index is 1930. The largest absolute Gasteiger partial charge is 1.00 e. The standard InChI is InChI=1S/C42H34.2Li.2H/c1-27-25-41-35(19-9-21-39(41)37-17-7-13-29-11-3-5-15-33(29)37)31(27)23-24-32-28(2)26-42-36(32)20-10-22-40(42)38-18-8-14-30-12-4-6-16-34(30)38;;;;/h3-22,25-26,31-32H,23-24H2,1-2H3;;;;/q;2*+1;2*-1. The quantitative estimate of drug-likeness (QED) is 0.228. The normalized spacial score (nSPS) is 16.5. The van der Waals surface area contributed by atoms with Gasteiger partial charge in [0.2, 0.25) is 0 Å². The summed E-state index contributed by atoms with van der Waals surface area (Å²) >= 11 is 0. The van der Waals surface area contributed by atoms with Gasteiger partial charge in [0, 0.05) is 11.8 Å². The van der Waals surface area contributed by atoms with E-state index >= 15 is 0 Å². The van der Waals surface area contributed by atoms with E-state index in [-0.39, 0.29) is 40.6 Å². The molecule has 2 atom stereocenters. The summed E-state index contributed by atoms with van der Waals surface area (Å²) in [6.07, 6.45) is 7.23. The van der Waals surface area contributed by atoms with Gasteiger partial charge in [-0.1, -0.05) is 145 Å². The molecular formula is C42H36Li2. The molecule has 0 fully saturated rings. The van der Waals surface area contributed by atoms with E-state index in [1.807, 2.05) is 0 Å². The van der Waals surface area contributed by atoms with Gasteiger partial charge >= 0.3 is 37.7 Å². The molecule has 8 rings (SSSR count). The van der Waals surface area contributed by atoms with Gasteiger partial charge in [0.25, 0.3) is 0 Å². The molecule has 0 aliphatic heterocycles. The van der Waals surface area contributed by atoms with Gasteiger partial charge < -0.3 is 2.85 Å². The number of rotatable bonds is 5. The van der Waals surface area contributed by atoms with E-state index in [0.717, 1.165) is 12.8 Å². The summed E-state index contributed by atoms with van der Waals surface area (Å²) in [5.41, 5.74) is 14.1. The smallest absolute Gasteiger partial charge is 1.00 e. The van der Waals surface area contributed by atoms with Crippen molar-refractivity contribution in [3.63, 3.8) is 0 Å². The third-order valence-corrected chi connectivity index (χ3v) is 9.78. The van der Waals surface area contributed by atoms with Crippen molar-refractivity contribution in [3.05, 3.63) is 155 Å². The summed E-state index contributed by atoms with van der Waals surface area (Å²) in [7, 11) is 0. The van der Waals surface area contributed by atoms with Gasteiger partial charge in [0.05, 0.1) is 0 Å². The summed E-state index contributed by atoms with van der Waals surface area (Å²) in [5, 5.41) is 5.25. The van der Waals surface area contributed by atoms with Crippen molar-refractivity contribution in [1.29, 1.82) is 0 Å². The predicted molar refractivity (Wildman–Crippen MR) is 183 cm³/mol. The second-order valence-corrected chi connectivity index (χ2v) is 12.1. The molecular weight excluding hydrogens is 518 g/mol. The topological polar surface area (TPSA) is 0 Å². The maximum atomic E-state index is 2.46. The SMILES string of the molecule is CC1=Cc2c(-c3cccc4ccccc34)cccc2C1CCC1C(C)=Cc2c(-c3cccc4ccccc34)cccc21.[H-].[H-].[Li+].[Li+]. The number of hydrogen-bond donors (Lipinski definition) is 0. The predicted octanol–water partition coefficient (Wildman–Crippen LogP) is 6.04. The van der Waals surface area contributed by atoms with Gasteiger partial charge in [-0.15, -0.1) is 0 Å². The fraction of sp³-hybridized carbons (Fsp3) is 0.143. The molecule has 0 bridgehead atoms. The minimum absolute atomic E-state index is 0. The molecule has 0 radical (unpaired) electrons. The number of hydrogen-bond acceptors (Lipinski definition) is 0. The van der Waals surface area contributed by atoms with E-state index in [9.17, 15) is 0 Å². The molecule has 0 saturated carbocycles. The molecule has 2 unspecified atom stereocenters. The van der Waals surface area contributed by atoms with E-state index in [1.165, 1.54) is 77.2 Å². The van der Waals surface area contributed by atoms with E-state index in [2.05, 4.69) is 147 Å². The monoisotopic (exact) mass is 554 g/mol. The zero-order valence-corrected chi connectivity index (χ0v) is 26.3. The van der Waals surface area contributed by atoms with Crippen molar-refractivity contribution in [3.8, 4) is 22.3 Å². The van der Waals surface area contributed by atoms with E-state index < -0.39 is 0 Å². The maximum absolute atomic E-state index is 2.46. The molecule has 0 spiro atoms. The second kappa shape index (κ2) is 12.5. The van der Waals surface area contributed by atoms with Crippen LogP contribution in [0, 0.1) is 0 Å². The van der Waals surface area contributed by atoms with Crippen molar-refractivity contribution in [1.82, 2.24) is 0 Å². The Morgan fingerprint density at radius 3 is 1.25 bits per heavy atom. The average molecular weight is 555 g/mol. The van der Waals surface area contributed by atoms with Crippen LogP contribution >= 0.6 is 0 Å². The first-order chi connectivity index (χ1) is 20.7. The van der Waals surface area contributed by atoms with Crippen molar-refractivity contribution < 1.29 is 40.6 Å². The first kappa shape index (κ1) is 30.5. The van der Waals surface area contributed by atoms with E-state index in [1.54, 1.807) is 0 Å². The van der Waals surface area contributed by atoms with Crippen LogP contribution in [0.5, 0.6) is 0 Å². The molecule has 0 N–H and O–H groups in total. The molecule has 0 saturated heterocycles. The molecule has 2 heteroatoms. The van der Waals surface area contributed by atoms with Crippen molar-refractivity contribution in [2.45, 2.75) is 38.5 Å². The van der Waals surface area contributed by atoms with Crippen LogP contribution in [-0.4, -0.2) is 0 Å². The number of fused-ring (bicyclic) bond motifs is 4. The summed E-state index contributed by atoms with van der Waals surface area (Å²) in [6.45, 7) is 4.67. The van der Waals surface area contributed by atoms with Crippen LogP contribution in [0.4, 0.5) is 0 Å². The van der Waals surface area contributed by atoms with Crippen LogP contribution in [0.1, 0.15) is 63.6 Å². The molecule has 0 aromatic heterocycles. The van der Waals surface area contributed by atoms with Crippen LogP contribution in [0.15, 0.2) is 132 Å². The fourth-order valence-electron chi connectivity index (χ4n) is 7.73. The van der Waals surface area contributed by atoms with Gasteiger partial charge in [0.15, 0.2) is 0 Å². The number of allylic oxidation sites excluding steroid dienone is 2. The zero-order valence-electron chi connectivity index (χ0n) is 28.3. The van der Waals surface area contributed by atoms with E-state index in [0.29, 0.717) is 11.8 Å². The number of benzene rings is 6. The minimum atomic E-state index is 0. The Hall–Kier alpha value is -3.49. The van der Waals surface area contributed by atoms with Crippen LogP contribution in [0.2, 0.25) is 0 Å². The van der Waals surface area contributed by atoms with Crippen LogP contribution in [-0.2, 0) is 0 Å². The van der Waals surface area contributed by atoms with E-state index in [4.69, 9.17) is 0 Å². The Labute approximate surface area is 288 Å². The summed E-state index contributed by atoms with van der Waals surface area (Å²) in [6, 6.07) is 44.8. The van der Waals surface area contributed by atoms with Crippen molar-refractivity contribution in [2.75, 3.05) is 0 Å². The van der Waals surface area contributed by atoms with Crippen molar-refractivity contribution >= 4 is 33.7 Å². The van der Waals surface area contributed by atoms with Gasteiger partial charge in [0.1, 0.15) is 0 Å². The fourth-order valence-corrected chi connectivity index (χ4v) is 7.73. The molecule has 0 amide bonds. The molecule has 44 heavy (non-hydrogen) atoms. The van der Waals surface area contributed by atoms with Crippen molar-refractivity contribution in [2.24, 2.45) is 0 Å². The minimum Gasteiger partial charge on any atom is -1.00 e. The third-order valence-electron chi connectivity index (χ3n) is 9.78. The van der Waals surface area contributed by atoms with Crippen LogP contribution in [0.3, 0.4) is 0 Å². The molecule has 206 valence electrons. The molecule has 0 nitrogen and oxygen atoms in total. The molecule has 6 aromatic carbocycles. The van der Waals surface area contributed by atoms with Gasteiger partial charge in [-0.05, 0) is 92.7 Å². The second-order valence-electron chi connectivity index (χ2n) is 12.1. The van der Waals surface area contributed by atoms with Crippen LogP contribution in [0.25, 0.3) is 56.0 Å². The van der Waals surface area contributed by atoms with Gasteiger partial charge in [-0.3, -0.25) is 0 Å². The first-order valence-corrected chi connectivity index (χ1v) is 15.3. The Balaban J connectivity index is 0.00000120. The average Bonchev–Trinajstić information content (AvgIpc) is 3.53. The molecule has 2 aliphatic carbocycles.